The molecular formula is C27H35NO7. The van der Waals surface area contributed by atoms with E-state index in [-0.39, 0.29) is 41.1 Å². The Morgan fingerprint density at radius 2 is 1.97 bits per heavy atom. The lowest BCUT2D eigenvalue weighted by molar-refractivity contribution is -0.159. The summed E-state index contributed by atoms with van der Waals surface area (Å²) in [5.74, 6) is 0.0104. The second-order valence-corrected chi connectivity index (χ2v) is 10.6. The number of esters is 1. The second kappa shape index (κ2) is 9.76. The Bertz CT molecular complexity index is 1160. The van der Waals surface area contributed by atoms with Crippen LogP contribution in [0.5, 0.6) is 5.75 Å². The first kappa shape index (κ1) is 25.4. The summed E-state index contributed by atoms with van der Waals surface area (Å²) in [4.78, 5) is 25.3. The quantitative estimate of drug-likeness (QED) is 0.573. The number of ether oxygens (including phenoxy) is 4. The largest absolute Gasteiger partial charge is 0.492 e. The van der Waals surface area contributed by atoms with Crippen LogP contribution in [0, 0.1) is 10.8 Å². The third-order valence-corrected chi connectivity index (χ3v) is 6.86. The number of aliphatic hydroxyl groups excluding tert-OH is 1. The van der Waals surface area contributed by atoms with Crippen LogP contribution in [-0.4, -0.2) is 55.8 Å². The summed E-state index contributed by atoms with van der Waals surface area (Å²) in [5.41, 5.74) is 2.55. The SMILES string of the molecule is CCOC(=O)c1cn2c(cc1=O)-c1cc(CO)c(OCC3(COC)COC3)cc1CC2C(C)(C)C. The summed E-state index contributed by atoms with van der Waals surface area (Å²) in [6, 6.07) is 5.36. The molecule has 8 heteroatoms. The molecule has 2 aliphatic heterocycles. The molecule has 0 aliphatic carbocycles. The molecule has 1 fully saturated rings. The molecule has 1 aromatic heterocycles. The van der Waals surface area contributed by atoms with Crippen LogP contribution in [0.1, 0.15) is 55.2 Å². The highest BCUT2D eigenvalue weighted by molar-refractivity contribution is 5.89. The van der Waals surface area contributed by atoms with Gasteiger partial charge in [-0.2, -0.15) is 0 Å². The molecule has 1 saturated heterocycles. The zero-order valence-electron chi connectivity index (χ0n) is 21.2. The lowest BCUT2D eigenvalue weighted by Crippen LogP contribution is -2.50. The number of nitrogens with zero attached hydrogens (tertiary/aromatic N) is 1. The molecular weight excluding hydrogens is 450 g/mol. The van der Waals surface area contributed by atoms with Crippen LogP contribution in [0.25, 0.3) is 11.3 Å². The first-order valence-electron chi connectivity index (χ1n) is 12.0. The molecule has 0 saturated carbocycles. The number of aliphatic hydroxyl groups is 1. The highest BCUT2D eigenvalue weighted by Gasteiger charge is 2.40. The van der Waals surface area contributed by atoms with Crippen molar-refractivity contribution in [2.75, 3.05) is 40.1 Å². The third-order valence-electron chi connectivity index (χ3n) is 6.86. The third kappa shape index (κ3) is 4.87. The van der Waals surface area contributed by atoms with E-state index in [1.165, 1.54) is 6.07 Å². The number of methoxy groups -OCH3 is 1. The Balaban J connectivity index is 1.78. The van der Waals surface area contributed by atoms with Crippen LogP contribution in [0.3, 0.4) is 0 Å². The summed E-state index contributed by atoms with van der Waals surface area (Å²) in [5, 5.41) is 10.1. The minimum atomic E-state index is -0.615. The number of pyridine rings is 1. The van der Waals surface area contributed by atoms with Crippen molar-refractivity contribution < 1.29 is 28.8 Å². The van der Waals surface area contributed by atoms with Gasteiger partial charge in [-0.15, -0.1) is 0 Å². The predicted octanol–water partition coefficient (Wildman–Crippen LogP) is 3.37. The molecule has 2 aromatic rings. The molecule has 1 aromatic carbocycles. The van der Waals surface area contributed by atoms with Gasteiger partial charge in [-0.1, -0.05) is 20.8 Å². The molecule has 0 radical (unpaired) electrons. The van der Waals surface area contributed by atoms with E-state index in [4.69, 9.17) is 18.9 Å². The maximum Gasteiger partial charge on any atom is 0.343 e. The fourth-order valence-electron chi connectivity index (χ4n) is 4.88. The summed E-state index contributed by atoms with van der Waals surface area (Å²) >= 11 is 0. The van der Waals surface area contributed by atoms with Gasteiger partial charge in [0.25, 0.3) is 0 Å². The van der Waals surface area contributed by atoms with E-state index in [9.17, 15) is 14.7 Å². The molecule has 0 amide bonds. The number of aromatic nitrogens is 1. The van der Waals surface area contributed by atoms with Crippen molar-refractivity contribution in [2.45, 2.75) is 46.8 Å². The molecule has 8 nitrogen and oxygen atoms in total. The number of carbonyl (C=O) groups excluding carboxylic acids is 1. The maximum atomic E-state index is 12.9. The number of rotatable bonds is 8. The smallest absolute Gasteiger partial charge is 0.343 e. The first-order valence-corrected chi connectivity index (χ1v) is 12.0. The molecule has 1 atom stereocenters. The molecule has 3 heterocycles. The average Bonchev–Trinajstić information content (AvgIpc) is 2.78. The standard InChI is InChI=1S/C27H35NO7/c1-6-34-25(31)20-11-28-21(10-22(20)30)19-7-18(12-29)23(8-17(19)9-24(28)26(2,3)4)35-16-27(13-32-5)14-33-15-27/h7-8,10-11,24,29H,6,9,12-16H2,1-5H3. The highest BCUT2D eigenvalue weighted by Crippen LogP contribution is 2.44. The van der Waals surface area contributed by atoms with Gasteiger partial charge in [0.05, 0.1) is 44.1 Å². The monoisotopic (exact) mass is 485 g/mol. The van der Waals surface area contributed by atoms with Crippen molar-refractivity contribution in [3.8, 4) is 17.0 Å². The van der Waals surface area contributed by atoms with Crippen molar-refractivity contribution in [2.24, 2.45) is 10.8 Å². The first-order chi connectivity index (χ1) is 16.6. The van der Waals surface area contributed by atoms with E-state index in [2.05, 4.69) is 20.8 Å². The van der Waals surface area contributed by atoms with Crippen LogP contribution in [0.2, 0.25) is 0 Å². The summed E-state index contributed by atoms with van der Waals surface area (Å²) < 4.78 is 24.1. The normalized spacial score (nSPS) is 18.3. The average molecular weight is 486 g/mol. The number of fused-ring (bicyclic) bond motifs is 3. The Labute approximate surface area is 205 Å². The molecule has 190 valence electrons. The van der Waals surface area contributed by atoms with E-state index < -0.39 is 5.97 Å². The lowest BCUT2D eigenvalue weighted by Gasteiger charge is -2.41. The van der Waals surface area contributed by atoms with E-state index in [0.717, 1.165) is 11.1 Å². The van der Waals surface area contributed by atoms with Gasteiger partial charge in [-0.3, -0.25) is 4.79 Å². The summed E-state index contributed by atoms with van der Waals surface area (Å²) in [6.07, 6.45) is 2.31. The number of hydrogen-bond acceptors (Lipinski definition) is 7. The van der Waals surface area contributed by atoms with Crippen molar-refractivity contribution in [1.29, 1.82) is 0 Å². The van der Waals surface area contributed by atoms with Gasteiger partial charge in [0, 0.05) is 36.5 Å². The van der Waals surface area contributed by atoms with Gasteiger partial charge < -0.3 is 28.6 Å². The minimum Gasteiger partial charge on any atom is -0.492 e. The van der Waals surface area contributed by atoms with Crippen molar-refractivity contribution in [3.05, 3.63) is 51.3 Å². The van der Waals surface area contributed by atoms with Gasteiger partial charge in [-0.05, 0) is 36.5 Å². The molecule has 35 heavy (non-hydrogen) atoms. The zero-order valence-corrected chi connectivity index (χ0v) is 21.2. The maximum absolute atomic E-state index is 12.9. The Kier molecular flexibility index (Phi) is 7.09. The van der Waals surface area contributed by atoms with Gasteiger partial charge in [0.15, 0.2) is 5.43 Å². The van der Waals surface area contributed by atoms with E-state index in [1.807, 2.05) is 16.7 Å². The lowest BCUT2D eigenvalue weighted by atomic mass is 9.78. The van der Waals surface area contributed by atoms with Crippen molar-refractivity contribution in [3.63, 3.8) is 0 Å². The Hall–Kier alpha value is -2.68. The Morgan fingerprint density at radius 3 is 2.54 bits per heavy atom. The van der Waals surface area contributed by atoms with Crippen LogP contribution < -0.4 is 10.2 Å². The van der Waals surface area contributed by atoms with E-state index in [1.54, 1.807) is 20.2 Å². The van der Waals surface area contributed by atoms with Gasteiger partial charge >= 0.3 is 5.97 Å². The van der Waals surface area contributed by atoms with Crippen LogP contribution >= 0.6 is 0 Å². The number of hydrogen-bond donors (Lipinski definition) is 1. The molecule has 4 rings (SSSR count). The van der Waals surface area contributed by atoms with Gasteiger partial charge in [0.1, 0.15) is 17.9 Å². The Morgan fingerprint density at radius 1 is 1.23 bits per heavy atom. The summed E-state index contributed by atoms with van der Waals surface area (Å²) in [6.45, 7) is 10.2. The van der Waals surface area contributed by atoms with Crippen LogP contribution in [-0.2, 0) is 27.2 Å². The number of carbonyl (C=O) groups is 1. The second-order valence-electron chi connectivity index (χ2n) is 10.6. The molecule has 1 N–H and O–H groups in total. The van der Waals surface area contributed by atoms with Crippen molar-refractivity contribution >= 4 is 5.97 Å². The predicted molar refractivity (Wildman–Crippen MR) is 131 cm³/mol. The van der Waals surface area contributed by atoms with Crippen LogP contribution in [0.15, 0.2) is 29.2 Å². The van der Waals surface area contributed by atoms with Crippen LogP contribution in [0.4, 0.5) is 0 Å². The highest BCUT2D eigenvalue weighted by atomic mass is 16.5. The molecule has 1 unspecified atom stereocenters. The van der Waals surface area contributed by atoms with Gasteiger partial charge in [-0.25, -0.2) is 4.79 Å². The fourth-order valence-corrected chi connectivity index (χ4v) is 4.88. The summed E-state index contributed by atoms with van der Waals surface area (Å²) in [7, 11) is 1.66. The fraction of sp³-hybridized carbons (Fsp3) is 0.556. The van der Waals surface area contributed by atoms with E-state index in [0.29, 0.717) is 49.9 Å². The minimum absolute atomic E-state index is 0.00790. The zero-order chi connectivity index (χ0) is 25.4. The number of benzene rings is 1. The molecule has 0 spiro atoms. The molecule has 0 bridgehead atoms. The topological polar surface area (TPSA) is 96.2 Å². The van der Waals surface area contributed by atoms with Gasteiger partial charge in [0.2, 0.25) is 0 Å². The van der Waals surface area contributed by atoms with E-state index >= 15 is 0 Å². The molecule has 2 aliphatic rings. The van der Waals surface area contributed by atoms with Crippen molar-refractivity contribution in [1.82, 2.24) is 4.57 Å².